The van der Waals surface area contributed by atoms with Crippen molar-refractivity contribution >= 4 is 41.7 Å². The van der Waals surface area contributed by atoms with Crippen LogP contribution in [0.4, 0.5) is 4.79 Å². The third-order valence-corrected chi connectivity index (χ3v) is 13.9. The van der Waals surface area contributed by atoms with Gasteiger partial charge in [0, 0.05) is 37.7 Å². The summed E-state index contributed by atoms with van der Waals surface area (Å²) in [6, 6.07) is 22.6. The standard InChI is InChI=1S/C50H55NO16/c1-8-61-46(59)65-39(37(30-18-12-9-13-19-30)51-43(56)31-20-14-10-15-21-31)45(58)64-33-25-50(60)42(66-44(57)32-22-16-11-17-23-32)40-48(7,34(54)24-35-49(40,26-62-35)67-29(4)53)41(55)38(63-28(3)52)36(27(33)2)47(50,5)6/h9-23,33-35,37-40,42,54,60H,8,24-26H2,1-7H3,(H,51,56)/t33-,34-,35+,37-,38+,39+,40?,42?,48+,49-,50+/m0/s1/i43+2. The molecule has 17 nitrogen and oxygen atoms in total. The molecule has 3 aromatic rings. The van der Waals surface area contributed by atoms with Crippen LogP contribution in [-0.4, -0.2) is 113 Å². The van der Waals surface area contributed by atoms with Gasteiger partial charge in [-0.3, -0.25) is 19.2 Å². The summed E-state index contributed by atoms with van der Waals surface area (Å²) in [5, 5.41) is 28.8. The average molecular weight is 928 g/mol. The lowest BCUT2D eigenvalue weighted by atomic mass is 9.44. The third-order valence-electron chi connectivity index (χ3n) is 13.9. The zero-order valence-electron chi connectivity index (χ0n) is 38.2. The molecule has 1 aliphatic heterocycles. The lowest BCUT2D eigenvalue weighted by Crippen LogP contribution is -2.82. The molecule has 0 aromatic heterocycles. The van der Waals surface area contributed by atoms with Gasteiger partial charge in [0.2, 0.25) is 6.10 Å². The van der Waals surface area contributed by atoms with Gasteiger partial charge >= 0.3 is 30.0 Å². The number of carbonyl (C=O) groups is 7. The number of Topliss-reactive ketones (excluding diaryl/α,β-unsaturated/α-hetero) is 1. The normalized spacial score (nSPS) is 30.2. The SMILES string of the molecule is CCOC(=O)O[C@@H](C(=O)O[C@H]1C[C@@]2(O)C(OC(=O)c3ccccc3)C3[C@](C)(C(=O)[C@H](OC(C)=O)C(=C1C)C2(C)C)[C@@H](O)C[C@H]1OC[C@@]31OC(C)=O)[C@@H](N[14C](=O)c1ccccc1)c1ccccc1. The first-order valence-electron chi connectivity index (χ1n) is 22.1. The molecule has 17 heteroatoms. The number of esters is 4. The Morgan fingerprint density at radius 2 is 1.49 bits per heavy atom. The smallest absolute Gasteiger partial charge is 0.455 e. The zero-order valence-corrected chi connectivity index (χ0v) is 38.2. The van der Waals surface area contributed by atoms with Crippen LogP contribution in [0.5, 0.6) is 0 Å². The predicted octanol–water partition coefficient (Wildman–Crippen LogP) is 4.92. The maximum absolute atomic E-state index is 15.6. The molecule has 1 amide bonds. The van der Waals surface area contributed by atoms with Crippen LogP contribution in [0.1, 0.15) is 93.6 Å². The van der Waals surface area contributed by atoms with E-state index in [2.05, 4.69) is 5.32 Å². The molecule has 7 rings (SSSR count). The van der Waals surface area contributed by atoms with E-state index in [4.69, 9.17) is 33.2 Å². The number of ketones is 1. The monoisotopic (exact) mass is 927 g/mol. The molecule has 67 heavy (non-hydrogen) atoms. The molecule has 3 fully saturated rings. The predicted molar refractivity (Wildman–Crippen MR) is 234 cm³/mol. The molecule has 4 aliphatic rings. The summed E-state index contributed by atoms with van der Waals surface area (Å²) in [5.74, 6) is -7.04. The summed E-state index contributed by atoms with van der Waals surface area (Å²) in [4.78, 5) is 98.1. The summed E-state index contributed by atoms with van der Waals surface area (Å²) >= 11 is 0. The van der Waals surface area contributed by atoms with Gasteiger partial charge in [0.05, 0.1) is 36.2 Å². The Labute approximate surface area is 387 Å². The summed E-state index contributed by atoms with van der Waals surface area (Å²) in [6.07, 6.45) is -12.0. The Hall–Kier alpha value is -6.43. The van der Waals surface area contributed by atoms with E-state index >= 15 is 4.79 Å². The highest BCUT2D eigenvalue weighted by Gasteiger charge is 2.78. The van der Waals surface area contributed by atoms with E-state index in [-0.39, 0.29) is 41.9 Å². The second kappa shape index (κ2) is 18.7. The van der Waals surface area contributed by atoms with Crippen molar-refractivity contribution in [2.24, 2.45) is 16.7 Å². The van der Waals surface area contributed by atoms with Crippen molar-refractivity contribution in [2.45, 2.75) is 115 Å². The molecule has 0 spiro atoms. The number of carbonyl (C=O) groups excluding carboxylic acids is 7. The fourth-order valence-electron chi connectivity index (χ4n) is 10.5. The topological polar surface area (TPSA) is 237 Å². The number of benzene rings is 3. The molecule has 2 saturated carbocycles. The van der Waals surface area contributed by atoms with E-state index < -0.39 is 119 Å². The maximum atomic E-state index is 15.6. The van der Waals surface area contributed by atoms with Crippen LogP contribution >= 0.6 is 0 Å². The quantitative estimate of drug-likeness (QED) is 0.124. The molecular weight excluding hydrogens is 873 g/mol. The second-order valence-corrected chi connectivity index (χ2v) is 18.1. The number of aliphatic hydroxyl groups excluding tert-OH is 1. The Balaban J connectivity index is 1.42. The minimum Gasteiger partial charge on any atom is -0.455 e. The van der Waals surface area contributed by atoms with Crippen molar-refractivity contribution in [1.29, 1.82) is 0 Å². The van der Waals surface area contributed by atoms with Gasteiger partial charge in [-0.2, -0.15) is 0 Å². The minimum absolute atomic E-state index is 0.0414. The van der Waals surface area contributed by atoms with Crippen LogP contribution in [0.3, 0.4) is 0 Å². The number of hydrogen-bond acceptors (Lipinski definition) is 16. The van der Waals surface area contributed by atoms with Crippen molar-refractivity contribution in [2.75, 3.05) is 13.2 Å². The van der Waals surface area contributed by atoms with Gasteiger partial charge in [0.25, 0.3) is 5.91 Å². The second-order valence-electron chi connectivity index (χ2n) is 18.1. The van der Waals surface area contributed by atoms with Crippen LogP contribution in [0.25, 0.3) is 0 Å². The van der Waals surface area contributed by atoms with Gasteiger partial charge in [-0.15, -0.1) is 0 Å². The van der Waals surface area contributed by atoms with Gasteiger partial charge < -0.3 is 48.7 Å². The molecule has 1 saturated heterocycles. The molecule has 3 aromatic carbocycles. The number of nitrogens with one attached hydrogen (secondary N) is 1. The molecule has 3 aliphatic carbocycles. The van der Waals surface area contributed by atoms with Gasteiger partial charge in [-0.05, 0) is 61.7 Å². The number of hydrogen-bond donors (Lipinski definition) is 3. The number of amides is 1. The Bertz CT molecular complexity index is 2440. The minimum atomic E-state index is -2.45. The van der Waals surface area contributed by atoms with Crippen molar-refractivity contribution in [3.8, 4) is 0 Å². The van der Waals surface area contributed by atoms with Crippen LogP contribution in [0, 0.1) is 16.7 Å². The summed E-state index contributed by atoms with van der Waals surface area (Å²) in [6.45, 7) is 9.23. The van der Waals surface area contributed by atoms with Crippen LogP contribution in [0.2, 0.25) is 0 Å². The molecule has 11 atom stereocenters. The fourth-order valence-corrected chi connectivity index (χ4v) is 10.5. The molecule has 2 bridgehead atoms. The highest BCUT2D eigenvalue weighted by Crippen LogP contribution is 2.64. The van der Waals surface area contributed by atoms with Crippen molar-refractivity contribution in [3.63, 3.8) is 0 Å². The van der Waals surface area contributed by atoms with Crippen LogP contribution in [-0.2, 0) is 52.3 Å². The average Bonchev–Trinajstić information content (AvgIpc) is 3.29. The molecule has 1 heterocycles. The Morgan fingerprint density at radius 3 is 2.06 bits per heavy atom. The molecular formula is C50H55NO16. The third kappa shape index (κ3) is 8.59. The molecule has 2 unspecified atom stereocenters. The van der Waals surface area contributed by atoms with Crippen LogP contribution < -0.4 is 5.32 Å². The van der Waals surface area contributed by atoms with Crippen molar-refractivity contribution < 1.29 is 76.9 Å². The first-order valence-corrected chi connectivity index (χ1v) is 22.1. The van der Waals surface area contributed by atoms with Gasteiger partial charge in [0.15, 0.2) is 17.5 Å². The molecule has 356 valence electrons. The van der Waals surface area contributed by atoms with E-state index in [9.17, 15) is 39.0 Å². The van der Waals surface area contributed by atoms with Gasteiger partial charge in [0.1, 0.15) is 30.0 Å². The number of aliphatic hydroxyl groups is 2. The van der Waals surface area contributed by atoms with Crippen LogP contribution in [0.15, 0.2) is 102 Å². The highest BCUT2D eigenvalue weighted by molar-refractivity contribution is 5.96. The number of ether oxygens (including phenoxy) is 7. The van der Waals surface area contributed by atoms with E-state index in [0.29, 0.717) is 5.56 Å². The zero-order chi connectivity index (χ0) is 48.6. The first kappa shape index (κ1) is 48.5. The number of fused-ring (bicyclic) bond motifs is 5. The lowest BCUT2D eigenvalue weighted by Gasteiger charge is -2.67. The molecule has 0 radical (unpaired) electrons. The first-order chi connectivity index (χ1) is 31.7. The van der Waals surface area contributed by atoms with E-state index in [0.717, 1.165) is 13.8 Å². The summed E-state index contributed by atoms with van der Waals surface area (Å²) in [7, 11) is 0. The van der Waals surface area contributed by atoms with E-state index in [1.54, 1.807) is 92.7 Å². The van der Waals surface area contributed by atoms with E-state index in [1.807, 2.05) is 0 Å². The molecule has 3 N–H and O–H groups in total. The van der Waals surface area contributed by atoms with Gasteiger partial charge in [-0.25, -0.2) is 14.4 Å². The summed E-state index contributed by atoms with van der Waals surface area (Å²) < 4.78 is 41.4. The highest BCUT2D eigenvalue weighted by atomic mass is 16.7. The Morgan fingerprint density at radius 1 is 0.881 bits per heavy atom. The largest absolute Gasteiger partial charge is 0.509 e. The van der Waals surface area contributed by atoms with Crippen molar-refractivity contribution in [1.82, 2.24) is 5.32 Å². The maximum Gasteiger partial charge on any atom is 0.509 e. The van der Waals surface area contributed by atoms with Crippen molar-refractivity contribution in [3.05, 3.63) is 119 Å². The lowest BCUT2D eigenvalue weighted by molar-refractivity contribution is -0.346. The Kier molecular flexibility index (Phi) is 13.5. The van der Waals surface area contributed by atoms with Gasteiger partial charge in [-0.1, -0.05) is 80.6 Å². The number of rotatable bonds is 12. The van der Waals surface area contributed by atoms with E-state index in [1.165, 1.54) is 32.9 Å². The fraction of sp³-hybridized carbons (Fsp3) is 0.460. The summed E-state index contributed by atoms with van der Waals surface area (Å²) in [5.41, 5.74) is -7.41.